The highest BCUT2D eigenvalue weighted by Gasteiger charge is 2.43. The normalized spacial score (nSPS) is 14.3. The van der Waals surface area contributed by atoms with Gasteiger partial charge in [0.1, 0.15) is 5.82 Å². The Labute approximate surface area is 340 Å². The number of rotatable bonds is 3. The van der Waals surface area contributed by atoms with Crippen molar-refractivity contribution < 1.29 is 0 Å². The van der Waals surface area contributed by atoms with E-state index in [4.69, 9.17) is 4.98 Å². The van der Waals surface area contributed by atoms with Crippen molar-refractivity contribution >= 4 is 73.0 Å². The second-order valence-electron chi connectivity index (χ2n) is 17.9. The highest BCUT2D eigenvalue weighted by atomic mass is 15.2. The van der Waals surface area contributed by atoms with Gasteiger partial charge in [0.15, 0.2) is 0 Å². The van der Waals surface area contributed by atoms with Crippen molar-refractivity contribution in [2.24, 2.45) is 0 Å². The van der Waals surface area contributed by atoms with Gasteiger partial charge in [-0.25, -0.2) is 4.98 Å². The Balaban J connectivity index is 1.19. The van der Waals surface area contributed by atoms with E-state index in [2.05, 4.69) is 182 Å². The molecule has 0 radical (unpaired) electrons. The summed E-state index contributed by atoms with van der Waals surface area (Å²) in [6, 6.07) is 50.5. The minimum atomic E-state index is 0.0544. The van der Waals surface area contributed by atoms with Crippen molar-refractivity contribution in [3.8, 4) is 22.8 Å². The highest BCUT2D eigenvalue weighted by Crippen LogP contribution is 2.44. The molecule has 1 aliphatic carbocycles. The lowest BCUT2D eigenvalue weighted by atomic mass is 9.33. The summed E-state index contributed by atoms with van der Waals surface area (Å²) >= 11 is 0. The summed E-state index contributed by atoms with van der Waals surface area (Å²) in [7, 11) is 0. The molecular formula is C53H45BN4. The van der Waals surface area contributed by atoms with E-state index in [1.807, 2.05) is 0 Å². The summed E-state index contributed by atoms with van der Waals surface area (Å²) in [6.07, 6.45) is 4.64. The fraction of sp³-hybridized carbons (Fsp3) is 0.189. The van der Waals surface area contributed by atoms with Crippen LogP contribution in [0.4, 0.5) is 17.1 Å². The second-order valence-corrected chi connectivity index (χ2v) is 17.9. The van der Waals surface area contributed by atoms with Crippen molar-refractivity contribution in [1.29, 1.82) is 0 Å². The van der Waals surface area contributed by atoms with Gasteiger partial charge in [0.25, 0.3) is 6.71 Å². The third-order valence-electron chi connectivity index (χ3n) is 13.5. The molecule has 9 aromatic rings. The number of aromatic nitrogens is 3. The van der Waals surface area contributed by atoms with Gasteiger partial charge in [-0.15, -0.1) is 0 Å². The van der Waals surface area contributed by atoms with Crippen LogP contribution >= 0.6 is 0 Å². The molecule has 0 spiro atoms. The first-order valence-electron chi connectivity index (χ1n) is 21.1. The molecule has 0 saturated carbocycles. The summed E-state index contributed by atoms with van der Waals surface area (Å²) in [5.74, 6) is 1.06. The minimum absolute atomic E-state index is 0.0544. The van der Waals surface area contributed by atoms with Gasteiger partial charge >= 0.3 is 0 Å². The van der Waals surface area contributed by atoms with Crippen molar-refractivity contribution in [2.75, 3.05) is 4.90 Å². The topological polar surface area (TPSA) is 26.0 Å². The fourth-order valence-corrected chi connectivity index (χ4v) is 10.8. The van der Waals surface area contributed by atoms with Crippen LogP contribution in [0.1, 0.15) is 61.4 Å². The maximum absolute atomic E-state index is 5.72. The maximum atomic E-state index is 5.72. The molecule has 0 atom stereocenters. The van der Waals surface area contributed by atoms with Crippen LogP contribution in [0.5, 0.6) is 0 Å². The number of fused-ring (bicyclic) bond motifs is 9. The van der Waals surface area contributed by atoms with Crippen LogP contribution in [0.3, 0.4) is 0 Å². The van der Waals surface area contributed by atoms with E-state index >= 15 is 0 Å². The summed E-state index contributed by atoms with van der Waals surface area (Å²) in [4.78, 5) is 8.27. The third-order valence-corrected chi connectivity index (χ3v) is 13.5. The molecule has 2 aromatic heterocycles. The van der Waals surface area contributed by atoms with Gasteiger partial charge < -0.3 is 9.47 Å². The first-order chi connectivity index (χ1) is 28.3. The smallest absolute Gasteiger partial charge is 0.252 e. The Kier molecular flexibility index (Phi) is 7.05. The van der Waals surface area contributed by atoms with Gasteiger partial charge in [-0.1, -0.05) is 106 Å². The summed E-state index contributed by atoms with van der Waals surface area (Å²) in [5.41, 5.74) is 23.1. The molecule has 0 bridgehead atoms. The molecule has 3 aliphatic rings. The number of nitrogens with zero attached hydrogens (tertiary/aromatic N) is 4. The first kappa shape index (κ1) is 33.8. The first-order valence-corrected chi connectivity index (χ1v) is 21.1. The van der Waals surface area contributed by atoms with Gasteiger partial charge in [-0.2, -0.15) is 0 Å². The average Bonchev–Trinajstić information content (AvgIpc) is 3.79. The van der Waals surface area contributed by atoms with Crippen LogP contribution in [0.25, 0.3) is 55.6 Å². The molecule has 0 saturated heterocycles. The molecule has 2 aliphatic heterocycles. The lowest BCUT2D eigenvalue weighted by Gasteiger charge is -2.41. The number of benzene rings is 7. The quantitative estimate of drug-likeness (QED) is 0.168. The lowest BCUT2D eigenvalue weighted by Crippen LogP contribution is -2.60. The van der Waals surface area contributed by atoms with E-state index in [9.17, 15) is 0 Å². The Morgan fingerprint density at radius 1 is 0.586 bits per heavy atom. The third kappa shape index (κ3) is 4.62. The zero-order valence-electron chi connectivity index (χ0n) is 33.9. The standard InChI is InChI=1S/C53H45BN4/c1-32-14-12-15-33(2)48(32)52-55-50-38-17-7-6-16-34(38)30-42-51(50)58(52)46-23-13-22-45-49(46)54(42)41-29-28-37(31-47(41)56(45)36-26-24-35(25-27-36)53(3,4)5)57-43-20-10-8-18-39(43)40-19-9-11-21-44(40)57/h8-15,18-31H,6-7,16-17H2,1-5H3. The monoisotopic (exact) mass is 748 g/mol. The van der Waals surface area contributed by atoms with Crippen LogP contribution < -0.4 is 21.3 Å². The fourth-order valence-electron chi connectivity index (χ4n) is 10.8. The summed E-state index contributed by atoms with van der Waals surface area (Å²) < 4.78 is 5.00. The van der Waals surface area contributed by atoms with E-state index in [0.717, 1.165) is 18.7 Å². The van der Waals surface area contributed by atoms with Gasteiger partial charge in [-0.05, 0) is 138 Å². The molecule has 280 valence electrons. The molecule has 58 heavy (non-hydrogen) atoms. The number of hydrogen-bond donors (Lipinski definition) is 0. The molecule has 0 amide bonds. The van der Waals surface area contributed by atoms with Crippen LogP contribution in [0.2, 0.25) is 0 Å². The Hall–Kier alpha value is -6.33. The molecule has 12 rings (SSSR count). The lowest BCUT2D eigenvalue weighted by molar-refractivity contribution is 0.590. The highest BCUT2D eigenvalue weighted by molar-refractivity contribution is 7.00. The molecule has 7 aromatic carbocycles. The molecule has 0 N–H and O–H groups in total. The van der Waals surface area contributed by atoms with Gasteiger partial charge in [0.2, 0.25) is 0 Å². The van der Waals surface area contributed by atoms with E-state index in [1.165, 1.54) is 124 Å². The molecular weight excluding hydrogens is 703 g/mol. The predicted octanol–water partition coefficient (Wildman–Crippen LogP) is 11.2. The van der Waals surface area contributed by atoms with Gasteiger partial charge in [0, 0.05) is 44.8 Å². The van der Waals surface area contributed by atoms with Crippen LogP contribution in [-0.2, 0) is 18.3 Å². The maximum Gasteiger partial charge on any atom is 0.252 e. The second kappa shape index (κ2) is 12.1. The number of aryl methyl sites for hydroxylation is 4. The zero-order chi connectivity index (χ0) is 39.0. The van der Waals surface area contributed by atoms with Crippen LogP contribution in [-0.4, -0.2) is 20.8 Å². The summed E-state index contributed by atoms with van der Waals surface area (Å²) in [6.45, 7) is 11.4. The van der Waals surface area contributed by atoms with E-state index in [1.54, 1.807) is 0 Å². The Morgan fingerprint density at radius 3 is 1.97 bits per heavy atom. The van der Waals surface area contributed by atoms with E-state index in [0.29, 0.717) is 0 Å². The van der Waals surface area contributed by atoms with Crippen molar-refractivity contribution in [3.63, 3.8) is 0 Å². The van der Waals surface area contributed by atoms with Crippen LogP contribution in [0.15, 0.2) is 133 Å². The minimum Gasteiger partial charge on any atom is -0.311 e. The largest absolute Gasteiger partial charge is 0.311 e. The van der Waals surface area contributed by atoms with Crippen molar-refractivity contribution in [2.45, 2.75) is 65.7 Å². The number of anilines is 3. The van der Waals surface area contributed by atoms with Crippen molar-refractivity contribution in [1.82, 2.24) is 14.1 Å². The number of para-hydroxylation sites is 2. The number of hydrogen-bond acceptors (Lipinski definition) is 2. The molecule has 4 nitrogen and oxygen atoms in total. The molecule has 0 unspecified atom stereocenters. The predicted molar refractivity (Wildman–Crippen MR) is 245 cm³/mol. The average molecular weight is 749 g/mol. The Bertz CT molecular complexity index is 3120. The SMILES string of the molecule is Cc1cccc(C)c1-c1nc2c3c(cc4c2n1-c1cccc2c1B4c1ccc(-n4c5ccccc5c5ccccc54)cc1N2c1ccc(C(C)(C)C)cc1)CCCC3. The Morgan fingerprint density at radius 2 is 1.24 bits per heavy atom. The van der Waals surface area contributed by atoms with Crippen molar-refractivity contribution in [3.05, 3.63) is 161 Å². The van der Waals surface area contributed by atoms with Gasteiger partial charge in [-0.3, -0.25) is 4.57 Å². The molecule has 0 fully saturated rings. The number of imidazole rings is 1. The van der Waals surface area contributed by atoms with Crippen LogP contribution in [0, 0.1) is 13.8 Å². The van der Waals surface area contributed by atoms with E-state index in [-0.39, 0.29) is 12.1 Å². The summed E-state index contributed by atoms with van der Waals surface area (Å²) in [5, 5.41) is 2.55. The molecule has 4 heterocycles. The van der Waals surface area contributed by atoms with Gasteiger partial charge in [0.05, 0.1) is 22.1 Å². The molecule has 5 heteroatoms. The van der Waals surface area contributed by atoms with E-state index < -0.39 is 0 Å². The zero-order valence-corrected chi connectivity index (χ0v) is 33.9.